The average Bonchev–Trinajstić information content (AvgIpc) is 2.59. The van der Waals surface area contributed by atoms with Crippen LogP contribution in [-0.4, -0.2) is 48.6 Å². The van der Waals surface area contributed by atoms with Crippen molar-refractivity contribution in [2.24, 2.45) is 0 Å². The van der Waals surface area contributed by atoms with Crippen molar-refractivity contribution in [3.8, 4) is 0 Å². The molecule has 2 heterocycles. The molecule has 0 spiro atoms. The van der Waals surface area contributed by atoms with Crippen LogP contribution < -0.4 is 5.32 Å². The lowest BCUT2D eigenvalue weighted by atomic mass is 10.1. The Kier molecular flexibility index (Phi) is 4.14. The summed E-state index contributed by atoms with van der Waals surface area (Å²) in [5.41, 5.74) is 0. The molecule has 2 saturated heterocycles. The first kappa shape index (κ1) is 10.8. The predicted octanol–water partition coefficient (Wildman–Crippen LogP) is 1.57. The third kappa shape index (κ3) is 2.65. The highest BCUT2D eigenvalue weighted by Crippen LogP contribution is 2.23. The highest BCUT2D eigenvalue weighted by Gasteiger charge is 2.25. The van der Waals surface area contributed by atoms with Gasteiger partial charge >= 0.3 is 0 Å². The smallest absolute Gasteiger partial charge is 0.0232 e. The van der Waals surface area contributed by atoms with Gasteiger partial charge in [-0.1, -0.05) is 0 Å². The van der Waals surface area contributed by atoms with Gasteiger partial charge < -0.3 is 5.32 Å². The highest BCUT2D eigenvalue weighted by atomic mass is 32.2. The standard InChI is InChI=1S/C11H22N2S/c1-13(11-4-6-12-9-11)10-3-2-7-14-8-5-10/h10-12H,2-9H2,1H3. The zero-order valence-electron chi connectivity index (χ0n) is 9.17. The maximum Gasteiger partial charge on any atom is 0.0232 e. The molecule has 0 aromatic heterocycles. The summed E-state index contributed by atoms with van der Waals surface area (Å²) < 4.78 is 0. The fourth-order valence-corrected chi connectivity index (χ4v) is 3.59. The fourth-order valence-electron chi connectivity index (χ4n) is 2.58. The van der Waals surface area contributed by atoms with Gasteiger partial charge in [-0.2, -0.15) is 11.8 Å². The minimum Gasteiger partial charge on any atom is -0.315 e. The lowest BCUT2D eigenvalue weighted by molar-refractivity contribution is 0.171. The van der Waals surface area contributed by atoms with Crippen molar-refractivity contribution in [1.82, 2.24) is 10.2 Å². The quantitative estimate of drug-likeness (QED) is 0.751. The second-order valence-corrected chi connectivity index (χ2v) is 5.73. The van der Waals surface area contributed by atoms with Gasteiger partial charge in [-0.3, -0.25) is 4.90 Å². The SMILES string of the molecule is CN(C1CCCSCC1)C1CCNC1. The Balaban J connectivity index is 1.84. The van der Waals surface area contributed by atoms with Gasteiger partial charge in [0.15, 0.2) is 0 Å². The van der Waals surface area contributed by atoms with E-state index in [1.54, 1.807) is 0 Å². The fraction of sp³-hybridized carbons (Fsp3) is 1.00. The van der Waals surface area contributed by atoms with Gasteiger partial charge in [0.1, 0.15) is 0 Å². The number of rotatable bonds is 2. The molecular formula is C11H22N2S. The first-order valence-corrected chi connectivity index (χ1v) is 7.04. The van der Waals surface area contributed by atoms with Crippen molar-refractivity contribution >= 4 is 11.8 Å². The van der Waals surface area contributed by atoms with Gasteiger partial charge in [0, 0.05) is 18.6 Å². The summed E-state index contributed by atoms with van der Waals surface area (Å²) in [6, 6.07) is 1.66. The number of hydrogen-bond acceptors (Lipinski definition) is 3. The second kappa shape index (κ2) is 5.38. The molecule has 0 aromatic carbocycles. The first-order valence-electron chi connectivity index (χ1n) is 5.88. The molecule has 0 aliphatic carbocycles. The van der Waals surface area contributed by atoms with Gasteiger partial charge in [0.2, 0.25) is 0 Å². The molecule has 0 amide bonds. The van der Waals surface area contributed by atoms with Crippen LogP contribution in [0.25, 0.3) is 0 Å². The molecule has 0 bridgehead atoms. The van der Waals surface area contributed by atoms with Crippen LogP contribution >= 0.6 is 11.8 Å². The van der Waals surface area contributed by atoms with Crippen LogP contribution in [0.5, 0.6) is 0 Å². The zero-order valence-corrected chi connectivity index (χ0v) is 9.98. The molecule has 2 aliphatic rings. The number of likely N-dealkylation sites (N-methyl/N-ethyl adjacent to an activating group) is 1. The van der Waals surface area contributed by atoms with Gasteiger partial charge in [-0.25, -0.2) is 0 Å². The number of thioether (sulfide) groups is 1. The Morgan fingerprint density at radius 2 is 2.07 bits per heavy atom. The Labute approximate surface area is 91.8 Å². The van der Waals surface area contributed by atoms with Crippen molar-refractivity contribution in [3.63, 3.8) is 0 Å². The predicted molar refractivity (Wildman–Crippen MR) is 64.0 cm³/mol. The summed E-state index contributed by atoms with van der Waals surface area (Å²) in [5, 5.41) is 3.46. The van der Waals surface area contributed by atoms with Crippen LogP contribution in [0.15, 0.2) is 0 Å². The van der Waals surface area contributed by atoms with Gasteiger partial charge in [0.05, 0.1) is 0 Å². The molecule has 0 radical (unpaired) electrons. The van der Waals surface area contributed by atoms with Crippen LogP contribution in [0.4, 0.5) is 0 Å². The highest BCUT2D eigenvalue weighted by molar-refractivity contribution is 7.99. The van der Waals surface area contributed by atoms with E-state index in [9.17, 15) is 0 Å². The Bertz CT molecular complexity index is 161. The van der Waals surface area contributed by atoms with Crippen LogP contribution in [0.2, 0.25) is 0 Å². The normalized spacial score (nSPS) is 34.7. The molecule has 2 atom stereocenters. The molecule has 2 unspecified atom stereocenters. The van der Waals surface area contributed by atoms with Crippen molar-refractivity contribution in [2.75, 3.05) is 31.6 Å². The van der Waals surface area contributed by atoms with E-state index >= 15 is 0 Å². The van der Waals surface area contributed by atoms with Gasteiger partial charge in [-0.05, 0) is 50.8 Å². The molecule has 0 saturated carbocycles. The molecule has 2 fully saturated rings. The van der Waals surface area contributed by atoms with E-state index in [0.29, 0.717) is 0 Å². The van der Waals surface area contributed by atoms with Crippen molar-refractivity contribution in [2.45, 2.75) is 37.8 Å². The molecule has 2 rings (SSSR count). The molecule has 14 heavy (non-hydrogen) atoms. The molecule has 3 heteroatoms. The topological polar surface area (TPSA) is 15.3 Å². The minimum atomic E-state index is 0.808. The third-order valence-corrected chi connectivity index (χ3v) is 4.71. The van der Waals surface area contributed by atoms with E-state index in [2.05, 4.69) is 29.0 Å². The van der Waals surface area contributed by atoms with Crippen LogP contribution in [0.3, 0.4) is 0 Å². The Morgan fingerprint density at radius 3 is 2.86 bits per heavy atom. The van der Waals surface area contributed by atoms with E-state index in [1.807, 2.05) is 0 Å². The second-order valence-electron chi connectivity index (χ2n) is 4.51. The number of nitrogens with one attached hydrogen (secondary N) is 1. The van der Waals surface area contributed by atoms with Gasteiger partial charge in [-0.15, -0.1) is 0 Å². The van der Waals surface area contributed by atoms with E-state index in [0.717, 1.165) is 12.1 Å². The maximum absolute atomic E-state index is 3.46. The summed E-state index contributed by atoms with van der Waals surface area (Å²) in [7, 11) is 2.33. The molecule has 82 valence electrons. The van der Waals surface area contributed by atoms with Gasteiger partial charge in [0.25, 0.3) is 0 Å². The average molecular weight is 214 g/mol. The molecule has 2 nitrogen and oxygen atoms in total. The van der Waals surface area contributed by atoms with Crippen LogP contribution in [0, 0.1) is 0 Å². The summed E-state index contributed by atoms with van der Waals surface area (Å²) >= 11 is 2.14. The summed E-state index contributed by atoms with van der Waals surface area (Å²) in [6.07, 6.45) is 5.58. The van der Waals surface area contributed by atoms with E-state index in [1.165, 1.54) is 50.3 Å². The largest absolute Gasteiger partial charge is 0.315 e. The van der Waals surface area contributed by atoms with Crippen LogP contribution in [0.1, 0.15) is 25.7 Å². The third-order valence-electron chi connectivity index (χ3n) is 3.61. The van der Waals surface area contributed by atoms with E-state index in [-0.39, 0.29) is 0 Å². The summed E-state index contributed by atoms with van der Waals surface area (Å²) in [4.78, 5) is 2.64. The van der Waals surface area contributed by atoms with E-state index in [4.69, 9.17) is 0 Å². The Hall–Kier alpha value is 0.270. The maximum atomic E-state index is 3.46. The van der Waals surface area contributed by atoms with Crippen LogP contribution in [-0.2, 0) is 0 Å². The van der Waals surface area contributed by atoms with Crippen molar-refractivity contribution < 1.29 is 0 Å². The molecule has 1 N–H and O–H groups in total. The minimum absolute atomic E-state index is 0.808. The zero-order chi connectivity index (χ0) is 9.80. The lowest BCUT2D eigenvalue weighted by Gasteiger charge is -2.31. The number of nitrogens with zero attached hydrogens (tertiary/aromatic N) is 1. The van der Waals surface area contributed by atoms with Crippen molar-refractivity contribution in [1.29, 1.82) is 0 Å². The lowest BCUT2D eigenvalue weighted by Crippen LogP contribution is -2.41. The monoisotopic (exact) mass is 214 g/mol. The summed E-state index contributed by atoms with van der Waals surface area (Å²) in [5.74, 6) is 2.75. The Morgan fingerprint density at radius 1 is 1.14 bits per heavy atom. The van der Waals surface area contributed by atoms with E-state index < -0.39 is 0 Å². The molecule has 0 aromatic rings. The van der Waals surface area contributed by atoms with Crippen molar-refractivity contribution in [3.05, 3.63) is 0 Å². The molecular weight excluding hydrogens is 192 g/mol. The molecule has 2 aliphatic heterocycles. The first-order chi connectivity index (χ1) is 6.88. The summed E-state index contributed by atoms with van der Waals surface area (Å²) in [6.45, 7) is 2.43. The number of hydrogen-bond donors (Lipinski definition) is 1.